The van der Waals surface area contributed by atoms with E-state index in [1.54, 1.807) is 14.2 Å². The Labute approximate surface area is 124 Å². The molecule has 3 rings (SSSR count). The van der Waals surface area contributed by atoms with E-state index in [2.05, 4.69) is 55.5 Å². The van der Waals surface area contributed by atoms with Gasteiger partial charge in [0.2, 0.25) is 0 Å². The zero-order valence-corrected chi connectivity index (χ0v) is 12.5. The van der Waals surface area contributed by atoms with Crippen molar-refractivity contribution in [1.82, 2.24) is 0 Å². The van der Waals surface area contributed by atoms with Crippen molar-refractivity contribution >= 4 is 10.8 Å². The van der Waals surface area contributed by atoms with E-state index in [0.29, 0.717) is 0 Å². The van der Waals surface area contributed by atoms with Crippen molar-refractivity contribution in [3.05, 3.63) is 60.2 Å². The first-order valence-electron chi connectivity index (χ1n) is 6.94. The van der Waals surface area contributed by atoms with Crippen molar-refractivity contribution in [2.75, 3.05) is 14.2 Å². The van der Waals surface area contributed by atoms with Crippen LogP contribution in [-0.2, 0) is 0 Å². The first-order valence-corrected chi connectivity index (χ1v) is 6.94. The minimum atomic E-state index is 0.882. The Bertz CT molecular complexity index is 791. The van der Waals surface area contributed by atoms with Crippen LogP contribution in [0, 0.1) is 6.92 Å². The summed E-state index contributed by atoms with van der Waals surface area (Å²) in [5.74, 6) is 1.80. The SMILES string of the molecule is COc1ccc2cc(-c3ccc(C)c(OC)c3)ccc2c1. The number of ether oxygens (including phenoxy) is 2. The Kier molecular flexibility index (Phi) is 3.53. The maximum atomic E-state index is 5.41. The van der Waals surface area contributed by atoms with Crippen LogP contribution in [0.1, 0.15) is 5.56 Å². The number of aryl methyl sites for hydroxylation is 1. The number of benzene rings is 3. The third kappa shape index (κ3) is 2.57. The fourth-order valence-electron chi connectivity index (χ4n) is 2.53. The molecule has 3 aromatic carbocycles. The summed E-state index contributed by atoms with van der Waals surface area (Å²) in [5.41, 5.74) is 3.49. The van der Waals surface area contributed by atoms with Crippen LogP contribution in [0.15, 0.2) is 54.6 Å². The van der Waals surface area contributed by atoms with Gasteiger partial charge < -0.3 is 9.47 Å². The lowest BCUT2D eigenvalue weighted by Crippen LogP contribution is -1.88. The summed E-state index contributed by atoms with van der Waals surface area (Å²) in [7, 11) is 3.40. The third-order valence-electron chi connectivity index (χ3n) is 3.79. The largest absolute Gasteiger partial charge is 0.497 e. The number of methoxy groups -OCH3 is 2. The standard InChI is InChI=1S/C19H18O2/c1-13-4-5-17(12-19(13)21-3)14-6-7-16-11-18(20-2)9-8-15(16)10-14/h4-12H,1-3H3. The molecule has 106 valence electrons. The van der Waals surface area contributed by atoms with Gasteiger partial charge in [-0.3, -0.25) is 0 Å². The third-order valence-corrected chi connectivity index (χ3v) is 3.79. The van der Waals surface area contributed by atoms with Crippen LogP contribution in [-0.4, -0.2) is 14.2 Å². The Morgan fingerprint density at radius 3 is 2.10 bits per heavy atom. The molecule has 0 spiro atoms. The van der Waals surface area contributed by atoms with Gasteiger partial charge >= 0.3 is 0 Å². The van der Waals surface area contributed by atoms with E-state index in [4.69, 9.17) is 9.47 Å². The number of hydrogen-bond acceptors (Lipinski definition) is 2. The van der Waals surface area contributed by atoms with Crippen LogP contribution in [0.25, 0.3) is 21.9 Å². The summed E-state index contributed by atoms with van der Waals surface area (Å²) in [6.07, 6.45) is 0. The van der Waals surface area contributed by atoms with E-state index in [1.165, 1.54) is 16.3 Å². The first kappa shape index (κ1) is 13.5. The Morgan fingerprint density at radius 2 is 1.33 bits per heavy atom. The maximum Gasteiger partial charge on any atom is 0.122 e. The van der Waals surface area contributed by atoms with Gasteiger partial charge in [0.1, 0.15) is 11.5 Å². The molecular formula is C19H18O2. The highest BCUT2D eigenvalue weighted by Crippen LogP contribution is 2.30. The van der Waals surface area contributed by atoms with E-state index in [1.807, 2.05) is 6.07 Å². The first-order chi connectivity index (χ1) is 10.2. The summed E-state index contributed by atoms with van der Waals surface area (Å²) in [6.45, 7) is 2.05. The quantitative estimate of drug-likeness (QED) is 0.683. The van der Waals surface area contributed by atoms with Crippen LogP contribution < -0.4 is 9.47 Å². The molecule has 0 N–H and O–H groups in total. The van der Waals surface area contributed by atoms with Crippen molar-refractivity contribution in [2.45, 2.75) is 6.92 Å². The second-order valence-corrected chi connectivity index (χ2v) is 5.11. The van der Waals surface area contributed by atoms with Crippen molar-refractivity contribution in [3.8, 4) is 22.6 Å². The van der Waals surface area contributed by atoms with Crippen molar-refractivity contribution in [3.63, 3.8) is 0 Å². The molecule has 0 heterocycles. The van der Waals surface area contributed by atoms with Crippen LogP contribution in [0.5, 0.6) is 11.5 Å². The van der Waals surface area contributed by atoms with E-state index in [0.717, 1.165) is 22.6 Å². The molecule has 21 heavy (non-hydrogen) atoms. The molecule has 0 aliphatic carbocycles. The average Bonchev–Trinajstić information content (AvgIpc) is 2.54. The molecule has 0 aliphatic heterocycles. The summed E-state index contributed by atoms with van der Waals surface area (Å²) >= 11 is 0. The topological polar surface area (TPSA) is 18.5 Å². The Hall–Kier alpha value is -2.48. The minimum Gasteiger partial charge on any atom is -0.497 e. The molecule has 0 saturated heterocycles. The second-order valence-electron chi connectivity index (χ2n) is 5.11. The highest BCUT2D eigenvalue weighted by Gasteiger charge is 2.04. The molecule has 3 aromatic rings. The van der Waals surface area contributed by atoms with Gasteiger partial charge in [0, 0.05) is 0 Å². The summed E-state index contributed by atoms with van der Waals surface area (Å²) in [6, 6.07) is 18.9. The van der Waals surface area contributed by atoms with Gasteiger partial charge in [-0.2, -0.15) is 0 Å². The van der Waals surface area contributed by atoms with Crippen LogP contribution in [0.4, 0.5) is 0 Å². The van der Waals surface area contributed by atoms with Crippen molar-refractivity contribution < 1.29 is 9.47 Å². The molecule has 0 amide bonds. The monoisotopic (exact) mass is 278 g/mol. The molecular weight excluding hydrogens is 260 g/mol. The second kappa shape index (κ2) is 5.49. The lowest BCUT2D eigenvalue weighted by molar-refractivity contribution is 0.412. The molecule has 2 nitrogen and oxygen atoms in total. The number of rotatable bonds is 3. The lowest BCUT2D eigenvalue weighted by Gasteiger charge is -2.09. The molecule has 0 atom stereocenters. The molecule has 0 radical (unpaired) electrons. The molecule has 0 fully saturated rings. The van der Waals surface area contributed by atoms with Gasteiger partial charge in [-0.25, -0.2) is 0 Å². The van der Waals surface area contributed by atoms with Gasteiger partial charge in [-0.15, -0.1) is 0 Å². The predicted octanol–water partition coefficient (Wildman–Crippen LogP) is 4.83. The van der Waals surface area contributed by atoms with Crippen molar-refractivity contribution in [2.24, 2.45) is 0 Å². The normalized spacial score (nSPS) is 10.6. The number of hydrogen-bond donors (Lipinski definition) is 0. The van der Waals surface area contributed by atoms with Gasteiger partial charge in [0.05, 0.1) is 14.2 Å². The molecule has 0 saturated carbocycles. The lowest BCUT2D eigenvalue weighted by atomic mass is 10.00. The number of fused-ring (bicyclic) bond motifs is 1. The van der Waals surface area contributed by atoms with Crippen LogP contribution >= 0.6 is 0 Å². The van der Waals surface area contributed by atoms with Gasteiger partial charge in [-0.05, 0) is 58.7 Å². The molecule has 0 aliphatic rings. The van der Waals surface area contributed by atoms with Gasteiger partial charge in [-0.1, -0.05) is 30.3 Å². The zero-order chi connectivity index (χ0) is 14.8. The van der Waals surface area contributed by atoms with E-state index in [-0.39, 0.29) is 0 Å². The van der Waals surface area contributed by atoms with Crippen LogP contribution in [0.3, 0.4) is 0 Å². The van der Waals surface area contributed by atoms with Gasteiger partial charge in [0.25, 0.3) is 0 Å². The zero-order valence-electron chi connectivity index (χ0n) is 12.5. The predicted molar refractivity (Wildman–Crippen MR) is 87.2 cm³/mol. The van der Waals surface area contributed by atoms with Crippen molar-refractivity contribution in [1.29, 1.82) is 0 Å². The summed E-state index contributed by atoms with van der Waals surface area (Å²) in [4.78, 5) is 0. The highest BCUT2D eigenvalue weighted by molar-refractivity contribution is 5.88. The van der Waals surface area contributed by atoms with E-state index in [9.17, 15) is 0 Å². The summed E-state index contributed by atoms with van der Waals surface area (Å²) < 4.78 is 10.7. The molecule has 0 unspecified atom stereocenters. The van der Waals surface area contributed by atoms with Gasteiger partial charge in [0.15, 0.2) is 0 Å². The Balaban J connectivity index is 2.08. The fraction of sp³-hybridized carbons (Fsp3) is 0.158. The average molecular weight is 278 g/mol. The highest BCUT2D eigenvalue weighted by atomic mass is 16.5. The van der Waals surface area contributed by atoms with E-state index < -0.39 is 0 Å². The smallest absolute Gasteiger partial charge is 0.122 e. The Morgan fingerprint density at radius 1 is 0.667 bits per heavy atom. The van der Waals surface area contributed by atoms with Crippen LogP contribution in [0.2, 0.25) is 0 Å². The molecule has 0 bridgehead atoms. The minimum absolute atomic E-state index is 0.882. The summed E-state index contributed by atoms with van der Waals surface area (Å²) in [5, 5.41) is 2.38. The van der Waals surface area contributed by atoms with E-state index >= 15 is 0 Å². The molecule has 2 heteroatoms. The fourth-order valence-corrected chi connectivity index (χ4v) is 2.53. The maximum absolute atomic E-state index is 5.41. The molecule has 0 aromatic heterocycles.